The molecule has 0 aliphatic heterocycles. The number of carbonyl (C=O) groups excluding carboxylic acids is 1. The minimum atomic E-state index is -0.307. The molecule has 0 bridgehead atoms. The Hall–Kier alpha value is -3.06. The maximum absolute atomic E-state index is 12.8. The smallest absolute Gasteiger partial charge is 0.279 e. The molecule has 158 valence electrons. The first-order chi connectivity index (χ1) is 14.6. The van der Waals surface area contributed by atoms with Crippen molar-refractivity contribution in [3.05, 3.63) is 59.4 Å². The van der Waals surface area contributed by atoms with Gasteiger partial charge >= 0.3 is 0 Å². The number of amides is 1. The highest BCUT2D eigenvalue weighted by molar-refractivity contribution is 7.16. The lowest BCUT2D eigenvalue weighted by Gasteiger charge is -2.08. The van der Waals surface area contributed by atoms with Crippen molar-refractivity contribution in [2.24, 2.45) is 4.99 Å². The first kappa shape index (κ1) is 21.6. The van der Waals surface area contributed by atoms with Gasteiger partial charge in [0.1, 0.15) is 5.75 Å². The maximum Gasteiger partial charge on any atom is 0.279 e. The summed E-state index contributed by atoms with van der Waals surface area (Å²) in [4.78, 5) is 17.7. The highest BCUT2D eigenvalue weighted by Gasteiger charge is 2.13. The molecule has 1 amide bonds. The summed E-state index contributed by atoms with van der Waals surface area (Å²) in [6.45, 7) is 7.13. The number of unbranched alkanes of at least 4 members (excludes halogenated alkanes) is 1. The zero-order chi connectivity index (χ0) is 21.5. The minimum absolute atomic E-state index is 0.307. The zero-order valence-electron chi connectivity index (χ0n) is 17.5. The fourth-order valence-corrected chi connectivity index (χ4v) is 4.01. The number of methoxy groups -OCH3 is 2. The molecule has 1 heterocycles. The summed E-state index contributed by atoms with van der Waals surface area (Å²) >= 11 is 1.42. The van der Waals surface area contributed by atoms with E-state index in [9.17, 15) is 4.79 Å². The van der Waals surface area contributed by atoms with E-state index in [0.29, 0.717) is 35.0 Å². The number of nitrogens with zero attached hydrogens (tertiary/aromatic N) is 2. The van der Waals surface area contributed by atoms with E-state index in [1.807, 2.05) is 16.7 Å². The molecule has 1 aromatic heterocycles. The Kier molecular flexibility index (Phi) is 7.30. The summed E-state index contributed by atoms with van der Waals surface area (Å²) in [5.74, 6) is 1.70. The van der Waals surface area contributed by atoms with Gasteiger partial charge < -0.3 is 18.8 Å². The van der Waals surface area contributed by atoms with Crippen LogP contribution < -0.4 is 19.0 Å². The van der Waals surface area contributed by atoms with E-state index in [2.05, 4.69) is 18.5 Å². The van der Waals surface area contributed by atoms with Crippen molar-refractivity contribution in [3.8, 4) is 17.2 Å². The van der Waals surface area contributed by atoms with Crippen LogP contribution in [-0.2, 0) is 6.54 Å². The average Bonchev–Trinajstić information content (AvgIpc) is 3.09. The number of ether oxygens (including phenoxy) is 3. The molecular weight excluding hydrogens is 400 g/mol. The number of carbonyl (C=O) groups is 1. The van der Waals surface area contributed by atoms with Gasteiger partial charge in [0.25, 0.3) is 5.91 Å². The molecule has 0 aliphatic rings. The lowest BCUT2D eigenvalue weighted by atomic mass is 10.2. The van der Waals surface area contributed by atoms with Crippen LogP contribution in [0.3, 0.4) is 0 Å². The second kappa shape index (κ2) is 10.1. The van der Waals surface area contributed by atoms with Crippen LogP contribution in [0.25, 0.3) is 10.2 Å². The molecule has 0 spiro atoms. The van der Waals surface area contributed by atoms with E-state index in [4.69, 9.17) is 14.2 Å². The predicted octanol–water partition coefficient (Wildman–Crippen LogP) is 4.83. The molecule has 3 aromatic rings. The van der Waals surface area contributed by atoms with Gasteiger partial charge in [0.2, 0.25) is 0 Å². The molecule has 0 unspecified atom stereocenters. The zero-order valence-corrected chi connectivity index (χ0v) is 18.3. The van der Waals surface area contributed by atoms with E-state index in [1.165, 1.54) is 11.3 Å². The van der Waals surface area contributed by atoms with Gasteiger partial charge in [-0.15, -0.1) is 6.58 Å². The van der Waals surface area contributed by atoms with Gasteiger partial charge in [-0.25, -0.2) is 0 Å². The minimum Gasteiger partial charge on any atom is -0.494 e. The summed E-state index contributed by atoms with van der Waals surface area (Å²) in [6.07, 6.45) is 3.85. The second-order valence-electron chi connectivity index (χ2n) is 6.60. The number of hydrogen-bond acceptors (Lipinski definition) is 5. The normalized spacial score (nSPS) is 11.5. The van der Waals surface area contributed by atoms with Gasteiger partial charge in [0.05, 0.1) is 31.0 Å². The number of hydrogen-bond donors (Lipinski definition) is 0. The Balaban J connectivity index is 1.97. The fraction of sp³-hybridized carbons (Fsp3) is 0.304. The van der Waals surface area contributed by atoms with Crippen LogP contribution in [0, 0.1) is 0 Å². The highest BCUT2D eigenvalue weighted by atomic mass is 32.1. The molecule has 0 atom stereocenters. The third-order valence-corrected chi connectivity index (χ3v) is 5.61. The van der Waals surface area contributed by atoms with Gasteiger partial charge in [0.15, 0.2) is 16.3 Å². The molecule has 2 aromatic carbocycles. The van der Waals surface area contributed by atoms with Gasteiger partial charge in [0, 0.05) is 24.2 Å². The van der Waals surface area contributed by atoms with Crippen LogP contribution in [0.5, 0.6) is 17.2 Å². The molecule has 0 radical (unpaired) electrons. The first-order valence-electron chi connectivity index (χ1n) is 9.79. The van der Waals surface area contributed by atoms with Crippen LogP contribution in [-0.4, -0.2) is 31.3 Å². The summed E-state index contributed by atoms with van der Waals surface area (Å²) in [7, 11) is 3.19. The Morgan fingerprint density at radius 3 is 2.50 bits per heavy atom. The monoisotopic (exact) mass is 426 g/mol. The molecule has 0 saturated carbocycles. The number of allylic oxidation sites excluding steroid dienone is 1. The molecule has 7 heteroatoms. The van der Waals surface area contributed by atoms with Crippen molar-refractivity contribution >= 4 is 27.5 Å². The Morgan fingerprint density at radius 2 is 1.87 bits per heavy atom. The van der Waals surface area contributed by atoms with E-state index in [1.54, 1.807) is 44.6 Å². The van der Waals surface area contributed by atoms with Crippen molar-refractivity contribution < 1.29 is 19.0 Å². The first-order valence-corrected chi connectivity index (χ1v) is 10.6. The SMILES string of the molecule is C=CCn1c(=NC(=O)c2ccc(OCCCC)cc2)sc2cc(OC)c(OC)cc21. The molecule has 0 fully saturated rings. The molecule has 0 N–H and O–H groups in total. The Labute approximate surface area is 180 Å². The topological polar surface area (TPSA) is 62.1 Å². The number of rotatable bonds is 9. The van der Waals surface area contributed by atoms with Crippen LogP contribution in [0.15, 0.2) is 54.0 Å². The molecule has 0 saturated heterocycles. The van der Waals surface area contributed by atoms with Crippen molar-refractivity contribution in [2.45, 2.75) is 26.3 Å². The van der Waals surface area contributed by atoms with Crippen molar-refractivity contribution in [1.29, 1.82) is 0 Å². The largest absolute Gasteiger partial charge is 0.494 e. The third-order valence-electron chi connectivity index (χ3n) is 4.56. The summed E-state index contributed by atoms with van der Waals surface area (Å²) in [5, 5.41) is 0. The highest BCUT2D eigenvalue weighted by Crippen LogP contribution is 2.33. The summed E-state index contributed by atoms with van der Waals surface area (Å²) in [6, 6.07) is 10.9. The van der Waals surface area contributed by atoms with Crippen molar-refractivity contribution in [2.75, 3.05) is 20.8 Å². The van der Waals surface area contributed by atoms with Crippen LogP contribution in [0.4, 0.5) is 0 Å². The molecular formula is C23H26N2O4S. The Bertz CT molecular complexity index is 1100. The molecule has 0 aliphatic carbocycles. The molecule has 30 heavy (non-hydrogen) atoms. The van der Waals surface area contributed by atoms with E-state index < -0.39 is 0 Å². The van der Waals surface area contributed by atoms with Gasteiger partial charge in [-0.2, -0.15) is 4.99 Å². The molecule has 6 nitrogen and oxygen atoms in total. The maximum atomic E-state index is 12.8. The quantitative estimate of drug-likeness (QED) is 0.363. The van der Waals surface area contributed by atoms with Gasteiger partial charge in [-0.05, 0) is 30.7 Å². The van der Waals surface area contributed by atoms with Crippen LogP contribution in [0.2, 0.25) is 0 Å². The average molecular weight is 427 g/mol. The third kappa shape index (κ3) is 4.74. The number of benzene rings is 2. The van der Waals surface area contributed by atoms with E-state index >= 15 is 0 Å². The van der Waals surface area contributed by atoms with Crippen molar-refractivity contribution in [1.82, 2.24) is 4.57 Å². The van der Waals surface area contributed by atoms with Crippen LogP contribution in [0.1, 0.15) is 30.1 Å². The number of aromatic nitrogens is 1. The number of fused-ring (bicyclic) bond motifs is 1. The predicted molar refractivity (Wildman–Crippen MR) is 120 cm³/mol. The fourth-order valence-electron chi connectivity index (χ4n) is 2.97. The summed E-state index contributed by atoms with van der Waals surface area (Å²) in [5.41, 5.74) is 1.42. The van der Waals surface area contributed by atoms with E-state index in [-0.39, 0.29) is 5.91 Å². The molecule has 3 rings (SSSR count). The standard InChI is InChI=1S/C23H26N2O4S/c1-5-7-13-29-17-10-8-16(9-11-17)22(26)24-23-25(12-6-2)18-14-19(27-3)20(28-4)15-21(18)30-23/h6,8-11,14-15H,2,5,7,12-13H2,1,3-4H3. The second-order valence-corrected chi connectivity index (χ2v) is 7.61. The summed E-state index contributed by atoms with van der Waals surface area (Å²) < 4.78 is 19.3. The van der Waals surface area contributed by atoms with Crippen LogP contribution >= 0.6 is 11.3 Å². The van der Waals surface area contributed by atoms with E-state index in [0.717, 1.165) is 28.8 Å². The Morgan fingerprint density at radius 1 is 1.17 bits per heavy atom. The van der Waals surface area contributed by atoms with Crippen molar-refractivity contribution in [3.63, 3.8) is 0 Å². The number of thiazole rings is 1. The lowest BCUT2D eigenvalue weighted by molar-refractivity contribution is 0.0998. The lowest BCUT2D eigenvalue weighted by Crippen LogP contribution is -2.16. The van der Waals surface area contributed by atoms with Gasteiger partial charge in [-0.1, -0.05) is 30.8 Å². The van der Waals surface area contributed by atoms with Gasteiger partial charge in [-0.3, -0.25) is 4.79 Å².